The molecule has 124 valence electrons. The fourth-order valence-corrected chi connectivity index (χ4v) is 3.40. The van der Waals surface area contributed by atoms with Gasteiger partial charge in [-0.25, -0.2) is 0 Å². The van der Waals surface area contributed by atoms with Crippen molar-refractivity contribution in [3.05, 3.63) is 0 Å². The Morgan fingerprint density at radius 3 is 2.57 bits per heavy atom. The van der Waals surface area contributed by atoms with E-state index in [4.69, 9.17) is 5.73 Å². The zero-order valence-electron chi connectivity index (χ0n) is 14.4. The first-order valence-electron chi connectivity index (χ1n) is 8.71. The Balaban J connectivity index is 2.40. The maximum absolute atomic E-state index is 12.2. The van der Waals surface area contributed by atoms with Crippen LogP contribution in [-0.2, 0) is 4.79 Å². The quantitative estimate of drug-likeness (QED) is 0.687. The van der Waals surface area contributed by atoms with E-state index >= 15 is 0 Å². The highest BCUT2D eigenvalue weighted by atomic mass is 16.2. The van der Waals surface area contributed by atoms with Gasteiger partial charge in [-0.15, -0.1) is 0 Å². The predicted octanol–water partition coefficient (Wildman–Crippen LogP) is 2.38. The minimum Gasteiger partial charge on any atom is -0.353 e. The van der Waals surface area contributed by atoms with E-state index in [1.165, 1.54) is 19.3 Å². The van der Waals surface area contributed by atoms with Crippen LogP contribution in [0.15, 0.2) is 0 Å². The topological polar surface area (TPSA) is 58.4 Å². The van der Waals surface area contributed by atoms with E-state index in [0.29, 0.717) is 24.4 Å². The van der Waals surface area contributed by atoms with Gasteiger partial charge >= 0.3 is 0 Å². The highest BCUT2D eigenvalue weighted by Gasteiger charge is 2.31. The van der Waals surface area contributed by atoms with Gasteiger partial charge in [0.05, 0.1) is 6.54 Å². The lowest BCUT2D eigenvalue weighted by atomic mass is 10.0. The molecule has 3 atom stereocenters. The Bertz CT molecular complexity index is 306. The van der Waals surface area contributed by atoms with Crippen molar-refractivity contribution in [2.24, 2.45) is 17.6 Å². The molecule has 21 heavy (non-hydrogen) atoms. The van der Waals surface area contributed by atoms with E-state index in [1.807, 2.05) is 0 Å². The number of amides is 1. The lowest BCUT2D eigenvalue weighted by Crippen LogP contribution is -2.47. The molecule has 1 rings (SSSR count). The molecule has 0 aromatic heterocycles. The van der Waals surface area contributed by atoms with Crippen LogP contribution in [0.25, 0.3) is 0 Å². The molecule has 1 fully saturated rings. The van der Waals surface area contributed by atoms with Crippen LogP contribution in [0.5, 0.6) is 0 Å². The average molecular weight is 297 g/mol. The molecule has 0 saturated heterocycles. The lowest BCUT2D eigenvalue weighted by Gasteiger charge is -2.31. The molecule has 0 aromatic rings. The van der Waals surface area contributed by atoms with E-state index < -0.39 is 0 Å². The molecule has 0 heterocycles. The molecule has 0 spiro atoms. The van der Waals surface area contributed by atoms with E-state index in [0.717, 1.165) is 25.9 Å². The smallest absolute Gasteiger partial charge is 0.234 e. The number of rotatable bonds is 9. The van der Waals surface area contributed by atoms with E-state index in [2.05, 4.69) is 37.9 Å². The van der Waals surface area contributed by atoms with Crippen LogP contribution in [0.4, 0.5) is 0 Å². The first-order chi connectivity index (χ1) is 9.97. The van der Waals surface area contributed by atoms with Crippen molar-refractivity contribution >= 4 is 5.91 Å². The van der Waals surface area contributed by atoms with Crippen molar-refractivity contribution in [2.45, 2.75) is 71.9 Å². The maximum atomic E-state index is 12.2. The van der Waals surface area contributed by atoms with Crippen molar-refractivity contribution in [3.63, 3.8) is 0 Å². The highest BCUT2D eigenvalue weighted by molar-refractivity contribution is 5.78. The molecule has 1 aliphatic carbocycles. The molecule has 0 aliphatic heterocycles. The SMILES string of the molecule is CCN(CC(=O)NC(C)CCC(C)C)C1CCCC1CN. The minimum absolute atomic E-state index is 0.163. The Labute approximate surface area is 130 Å². The molecule has 0 aromatic carbocycles. The molecule has 1 saturated carbocycles. The van der Waals surface area contributed by atoms with Crippen molar-refractivity contribution < 1.29 is 4.79 Å². The molecular weight excluding hydrogens is 262 g/mol. The van der Waals surface area contributed by atoms with Crippen molar-refractivity contribution in [3.8, 4) is 0 Å². The third-order valence-corrected chi connectivity index (χ3v) is 4.73. The fourth-order valence-electron chi connectivity index (χ4n) is 3.40. The second-order valence-corrected chi connectivity index (χ2v) is 7.00. The lowest BCUT2D eigenvalue weighted by molar-refractivity contribution is -0.123. The monoisotopic (exact) mass is 297 g/mol. The number of hydrogen-bond acceptors (Lipinski definition) is 3. The molecule has 4 heteroatoms. The molecule has 1 aliphatic rings. The number of likely N-dealkylation sites (N-methyl/N-ethyl adjacent to an activating group) is 1. The van der Waals surface area contributed by atoms with Crippen molar-refractivity contribution in [1.82, 2.24) is 10.2 Å². The van der Waals surface area contributed by atoms with E-state index in [-0.39, 0.29) is 11.9 Å². The second-order valence-electron chi connectivity index (χ2n) is 7.00. The molecule has 3 unspecified atom stereocenters. The van der Waals surface area contributed by atoms with Gasteiger partial charge in [0.15, 0.2) is 0 Å². The fraction of sp³-hybridized carbons (Fsp3) is 0.941. The summed E-state index contributed by atoms with van der Waals surface area (Å²) in [4.78, 5) is 14.5. The van der Waals surface area contributed by atoms with Crippen LogP contribution in [0.2, 0.25) is 0 Å². The molecule has 4 nitrogen and oxygen atoms in total. The van der Waals surface area contributed by atoms with Crippen LogP contribution in [-0.4, -0.2) is 42.5 Å². The van der Waals surface area contributed by atoms with Crippen LogP contribution < -0.4 is 11.1 Å². The number of nitrogens with zero attached hydrogens (tertiary/aromatic N) is 1. The van der Waals surface area contributed by atoms with Gasteiger partial charge in [0.25, 0.3) is 0 Å². The third kappa shape index (κ3) is 6.35. The normalized spacial score (nSPS) is 23.8. The number of nitrogens with one attached hydrogen (secondary N) is 1. The van der Waals surface area contributed by atoms with E-state index in [1.54, 1.807) is 0 Å². The van der Waals surface area contributed by atoms with E-state index in [9.17, 15) is 4.79 Å². The largest absolute Gasteiger partial charge is 0.353 e. The van der Waals surface area contributed by atoms with Crippen LogP contribution >= 0.6 is 0 Å². The predicted molar refractivity (Wildman–Crippen MR) is 89.1 cm³/mol. The minimum atomic E-state index is 0.163. The van der Waals surface area contributed by atoms with Crippen LogP contribution in [0, 0.1) is 11.8 Å². The van der Waals surface area contributed by atoms with Gasteiger partial charge in [0.2, 0.25) is 5.91 Å². The van der Waals surface area contributed by atoms with Crippen molar-refractivity contribution in [1.29, 1.82) is 0 Å². The zero-order valence-corrected chi connectivity index (χ0v) is 14.4. The molecule has 3 N–H and O–H groups in total. The summed E-state index contributed by atoms with van der Waals surface area (Å²) in [6.07, 6.45) is 5.87. The summed E-state index contributed by atoms with van der Waals surface area (Å²) in [6, 6.07) is 0.768. The second kappa shape index (κ2) is 9.42. The number of hydrogen-bond donors (Lipinski definition) is 2. The summed E-state index contributed by atoms with van der Waals surface area (Å²) in [5.41, 5.74) is 5.87. The number of carbonyl (C=O) groups excluding carboxylic acids is 1. The van der Waals surface area contributed by atoms with Crippen LogP contribution in [0.3, 0.4) is 0 Å². The molecule has 0 radical (unpaired) electrons. The van der Waals surface area contributed by atoms with Crippen molar-refractivity contribution in [2.75, 3.05) is 19.6 Å². The van der Waals surface area contributed by atoms with Gasteiger partial charge in [-0.3, -0.25) is 9.69 Å². The third-order valence-electron chi connectivity index (χ3n) is 4.73. The van der Waals surface area contributed by atoms with Gasteiger partial charge in [-0.1, -0.05) is 27.2 Å². The van der Waals surface area contributed by atoms with Gasteiger partial charge in [-0.2, -0.15) is 0 Å². The standard InChI is InChI=1S/C17H35N3O/c1-5-20(16-8-6-7-15(16)11-18)12-17(21)19-14(4)10-9-13(2)3/h13-16H,5-12,18H2,1-4H3,(H,19,21). The van der Waals surface area contributed by atoms with Gasteiger partial charge in [0.1, 0.15) is 0 Å². The maximum Gasteiger partial charge on any atom is 0.234 e. The number of carbonyl (C=O) groups is 1. The van der Waals surface area contributed by atoms with Gasteiger partial charge in [0, 0.05) is 12.1 Å². The molecular formula is C17H35N3O. The summed E-state index contributed by atoms with van der Waals surface area (Å²) >= 11 is 0. The van der Waals surface area contributed by atoms with Gasteiger partial charge in [-0.05, 0) is 57.5 Å². The Hall–Kier alpha value is -0.610. The zero-order chi connectivity index (χ0) is 15.8. The Morgan fingerprint density at radius 1 is 1.29 bits per heavy atom. The summed E-state index contributed by atoms with van der Waals surface area (Å²) in [7, 11) is 0. The highest BCUT2D eigenvalue weighted by Crippen LogP contribution is 2.28. The van der Waals surface area contributed by atoms with Gasteiger partial charge < -0.3 is 11.1 Å². The molecule has 0 bridgehead atoms. The Morgan fingerprint density at radius 2 is 2.00 bits per heavy atom. The summed E-state index contributed by atoms with van der Waals surface area (Å²) in [5, 5.41) is 3.14. The summed E-state index contributed by atoms with van der Waals surface area (Å²) < 4.78 is 0. The number of nitrogens with two attached hydrogens (primary N) is 1. The Kier molecular flexibility index (Phi) is 8.27. The average Bonchev–Trinajstić information content (AvgIpc) is 2.90. The molecule has 1 amide bonds. The summed E-state index contributed by atoms with van der Waals surface area (Å²) in [6.45, 7) is 10.9. The first-order valence-corrected chi connectivity index (χ1v) is 8.71. The summed E-state index contributed by atoms with van der Waals surface area (Å²) in [5.74, 6) is 1.42. The van der Waals surface area contributed by atoms with Crippen LogP contribution in [0.1, 0.15) is 59.8 Å². The first kappa shape index (κ1) is 18.4.